The molecule has 5 atom stereocenters. The Balaban J connectivity index is 1.23. The molecular formula is C40H65FN6O7S. The second-order valence-electron chi connectivity index (χ2n) is 19.5. The number of nitrogens with one attached hydrogen (secondary N) is 4. The lowest BCUT2D eigenvalue weighted by atomic mass is 9.70. The van der Waals surface area contributed by atoms with Gasteiger partial charge in [0.1, 0.15) is 18.8 Å². The first kappa shape index (κ1) is 41.8. The Morgan fingerprint density at radius 3 is 2.05 bits per heavy atom. The average Bonchev–Trinajstić information content (AvgIpc) is 4.09. The fourth-order valence-corrected chi connectivity index (χ4v) is 11.9. The van der Waals surface area contributed by atoms with Crippen LogP contribution in [-0.2, 0) is 29.2 Å². The van der Waals surface area contributed by atoms with Crippen LogP contribution in [-0.4, -0.2) is 108 Å². The molecular weight excluding hydrogens is 728 g/mol. The van der Waals surface area contributed by atoms with Crippen molar-refractivity contribution in [3.05, 3.63) is 0 Å². The Morgan fingerprint density at radius 2 is 1.49 bits per heavy atom. The molecule has 1 heterocycles. The van der Waals surface area contributed by atoms with Crippen molar-refractivity contribution in [2.45, 2.75) is 166 Å². The molecule has 6 rings (SSSR count). The van der Waals surface area contributed by atoms with Crippen LogP contribution in [0.3, 0.4) is 0 Å². The Kier molecular flexibility index (Phi) is 11.8. The van der Waals surface area contributed by atoms with Crippen molar-refractivity contribution >= 4 is 39.6 Å². The van der Waals surface area contributed by atoms with Crippen molar-refractivity contribution in [2.24, 2.45) is 28.6 Å². The number of nitrogens with zero attached hydrogens (tertiary/aromatic N) is 2. The monoisotopic (exact) mass is 792 g/mol. The number of ketones is 1. The molecule has 5 saturated carbocycles. The lowest BCUT2D eigenvalue weighted by Crippen LogP contribution is -2.65. The number of likely N-dealkylation sites (tertiary alicyclic amines) is 1. The minimum Gasteiger partial charge on any atom is -0.347 e. The summed E-state index contributed by atoms with van der Waals surface area (Å²) >= 11 is 0. The number of alkyl halides is 1. The van der Waals surface area contributed by atoms with Crippen LogP contribution in [0.2, 0.25) is 0 Å². The number of halogens is 1. The molecule has 5 aliphatic carbocycles. The first-order chi connectivity index (χ1) is 25.7. The quantitative estimate of drug-likeness (QED) is 0.171. The van der Waals surface area contributed by atoms with E-state index in [1.54, 1.807) is 4.90 Å². The summed E-state index contributed by atoms with van der Waals surface area (Å²) < 4.78 is 42.3. The largest absolute Gasteiger partial charge is 0.347 e. The molecule has 0 unspecified atom stereocenters. The molecule has 15 heteroatoms. The Bertz CT molecular complexity index is 1620. The third kappa shape index (κ3) is 9.02. The summed E-state index contributed by atoms with van der Waals surface area (Å²) in [6.45, 7) is 8.66. The van der Waals surface area contributed by atoms with Gasteiger partial charge in [0.2, 0.25) is 27.6 Å². The van der Waals surface area contributed by atoms with Gasteiger partial charge in [-0.05, 0) is 87.4 Å². The number of carbonyl (C=O) groups excluding carboxylic acids is 5. The Hall–Kier alpha value is -2.81. The van der Waals surface area contributed by atoms with Gasteiger partial charge >= 0.3 is 6.03 Å². The van der Waals surface area contributed by atoms with E-state index in [1.165, 1.54) is 20.9 Å². The molecule has 0 bridgehead atoms. The summed E-state index contributed by atoms with van der Waals surface area (Å²) in [4.78, 5) is 71.4. The van der Waals surface area contributed by atoms with Crippen LogP contribution in [0.25, 0.3) is 0 Å². The lowest BCUT2D eigenvalue weighted by Gasteiger charge is -2.44. The van der Waals surface area contributed by atoms with Gasteiger partial charge in [-0.3, -0.25) is 19.2 Å². The molecule has 0 spiro atoms. The van der Waals surface area contributed by atoms with Crippen LogP contribution >= 0.6 is 0 Å². The molecule has 1 aliphatic heterocycles. The molecule has 6 aliphatic rings. The van der Waals surface area contributed by atoms with E-state index in [0.717, 1.165) is 55.7 Å². The van der Waals surface area contributed by atoms with E-state index < -0.39 is 80.7 Å². The van der Waals surface area contributed by atoms with E-state index >= 15 is 0 Å². The number of sulfonamides is 1. The molecule has 0 aromatic heterocycles. The number of hydrogen-bond acceptors (Lipinski definition) is 7. The summed E-state index contributed by atoms with van der Waals surface area (Å²) in [5.74, 6) is -2.39. The zero-order valence-electron chi connectivity index (χ0n) is 33.8. The number of hydrogen-bond donors (Lipinski definition) is 4. The minimum absolute atomic E-state index is 0.000255. The Labute approximate surface area is 326 Å². The summed E-state index contributed by atoms with van der Waals surface area (Å²) in [5.41, 5.74) is -3.21. The summed E-state index contributed by atoms with van der Waals surface area (Å²) in [6.07, 6.45) is 11.2. The standard InChI is InChI=1S/C40H65FN6O7S/c1-37(2,23-41)46(6)55(53,54)24-40(19-11-8-12-20-40)45-36(52)44-32(39(5)17-9-7-10-18-39)35(51)47-22-27-29(38(27,3)4)30(47)33(49)43-28(21-25-13-14-25)31(48)34(50)42-26-15-16-26/h25-30,32H,7-24H2,1-6H3,(H,42,50)(H,43,49)(H2,44,45,52)/t27-,28-,29-,30-,32+/m0/s1. The number of fused-ring (bicyclic) bond motifs is 1. The molecule has 310 valence electrons. The third-order valence-electron chi connectivity index (χ3n) is 14.3. The highest BCUT2D eigenvalue weighted by molar-refractivity contribution is 7.89. The first-order valence-corrected chi connectivity index (χ1v) is 22.4. The van der Waals surface area contributed by atoms with Gasteiger partial charge in [0.25, 0.3) is 5.91 Å². The zero-order valence-corrected chi connectivity index (χ0v) is 34.6. The maximum atomic E-state index is 15.0. The van der Waals surface area contributed by atoms with Gasteiger partial charge in [-0.2, -0.15) is 4.31 Å². The van der Waals surface area contributed by atoms with E-state index in [2.05, 4.69) is 35.1 Å². The van der Waals surface area contributed by atoms with Crippen LogP contribution in [0.4, 0.5) is 9.18 Å². The molecule has 0 aromatic carbocycles. The number of rotatable bonds is 16. The fraction of sp³-hybridized carbons (Fsp3) is 0.875. The molecule has 1 saturated heterocycles. The van der Waals surface area contributed by atoms with Gasteiger partial charge < -0.3 is 26.2 Å². The second kappa shape index (κ2) is 15.5. The fourth-order valence-electron chi connectivity index (χ4n) is 9.83. The van der Waals surface area contributed by atoms with Crippen LogP contribution in [0.5, 0.6) is 0 Å². The van der Waals surface area contributed by atoms with E-state index in [-0.39, 0.29) is 35.1 Å². The maximum Gasteiger partial charge on any atom is 0.315 e. The SMILES string of the molecule is CN(C(C)(C)CF)S(=O)(=O)CC1(NC(=O)N[C@H](C(=O)N2C[C@H]3[C@@H]([C@H]2C(=O)N[C@@H](CC2CC2)C(=O)C(=O)NC2CC2)C3(C)C)C2(C)CCCCC2)CCCCC1. The highest BCUT2D eigenvalue weighted by Gasteiger charge is 2.70. The maximum absolute atomic E-state index is 15.0. The van der Waals surface area contributed by atoms with Crippen molar-refractivity contribution in [1.82, 2.24) is 30.5 Å². The molecule has 5 amide bonds. The van der Waals surface area contributed by atoms with Gasteiger partial charge in [0.05, 0.1) is 22.9 Å². The molecule has 13 nitrogen and oxygen atoms in total. The summed E-state index contributed by atoms with van der Waals surface area (Å²) in [5, 5.41) is 11.7. The van der Waals surface area contributed by atoms with Crippen LogP contribution in [0.15, 0.2) is 0 Å². The topological polar surface area (TPSA) is 174 Å². The van der Waals surface area contributed by atoms with Gasteiger partial charge in [0.15, 0.2) is 0 Å². The number of carbonyl (C=O) groups is 5. The minimum atomic E-state index is -4.00. The second-order valence-corrected chi connectivity index (χ2v) is 21.5. The van der Waals surface area contributed by atoms with E-state index in [4.69, 9.17) is 0 Å². The van der Waals surface area contributed by atoms with Crippen molar-refractivity contribution in [1.29, 1.82) is 0 Å². The van der Waals surface area contributed by atoms with Crippen molar-refractivity contribution < 1.29 is 36.8 Å². The predicted octanol–water partition coefficient (Wildman–Crippen LogP) is 3.95. The van der Waals surface area contributed by atoms with Crippen LogP contribution in [0.1, 0.15) is 131 Å². The molecule has 55 heavy (non-hydrogen) atoms. The Morgan fingerprint density at radius 1 is 0.891 bits per heavy atom. The van der Waals surface area contributed by atoms with Crippen molar-refractivity contribution in [2.75, 3.05) is 26.0 Å². The van der Waals surface area contributed by atoms with Crippen molar-refractivity contribution in [3.8, 4) is 0 Å². The number of Topliss-reactive ketones (excluding diaryl/α,β-unsaturated/α-hetero) is 1. The van der Waals surface area contributed by atoms with Gasteiger partial charge in [0, 0.05) is 19.6 Å². The number of piperidine rings is 1. The average molecular weight is 793 g/mol. The van der Waals surface area contributed by atoms with Crippen LogP contribution in [0, 0.1) is 28.6 Å². The number of amides is 5. The lowest BCUT2D eigenvalue weighted by molar-refractivity contribution is -0.146. The van der Waals surface area contributed by atoms with Crippen LogP contribution < -0.4 is 21.3 Å². The first-order valence-electron chi connectivity index (χ1n) is 20.8. The zero-order chi connectivity index (χ0) is 40.1. The third-order valence-corrected chi connectivity index (χ3v) is 16.5. The van der Waals surface area contributed by atoms with E-state index in [9.17, 15) is 36.8 Å². The highest BCUT2D eigenvalue weighted by atomic mass is 32.2. The van der Waals surface area contributed by atoms with Crippen molar-refractivity contribution in [3.63, 3.8) is 0 Å². The molecule has 0 radical (unpaired) electrons. The smallest absolute Gasteiger partial charge is 0.315 e. The van der Waals surface area contributed by atoms with Gasteiger partial charge in [-0.15, -0.1) is 0 Å². The van der Waals surface area contributed by atoms with E-state index in [0.29, 0.717) is 51.5 Å². The van der Waals surface area contributed by atoms with Gasteiger partial charge in [-0.25, -0.2) is 17.6 Å². The normalized spacial score (nSPS) is 28.0. The molecule has 6 fully saturated rings. The summed E-state index contributed by atoms with van der Waals surface area (Å²) in [6, 6.07) is -3.50. The van der Waals surface area contributed by atoms with E-state index in [1.807, 2.05) is 6.92 Å². The molecule has 0 aromatic rings. The van der Waals surface area contributed by atoms with Gasteiger partial charge in [-0.1, -0.05) is 72.1 Å². The highest BCUT2D eigenvalue weighted by Crippen LogP contribution is 2.65. The number of urea groups is 1. The summed E-state index contributed by atoms with van der Waals surface area (Å²) in [7, 11) is -2.63. The predicted molar refractivity (Wildman–Crippen MR) is 206 cm³/mol. The molecule has 4 N–H and O–H groups in total.